The molecule has 0 saturated heterocycles. The Bertz CT molecular complexity index is 718. The number of aromatic amines is 1. The van der Waals surface area contributed by atoms with Crippen LogP contribution in [0.25, 0.3) is 10.9 Å². The SMILES string of the molecule is Cc1ccc2[nH]c(COc3cccc(Cl)c3)cc2c1. The van der Waals surface area contributed by atoms with Crippen LogP contribution in [0, 0.1) is 6.92 Å². The Kier molecular flexibility index (Phi) is 3.18. The molecule has 2 nitrogen and oxygen atoms in total. The van der Waals surface area contributed by atoms with Crippen molar-refractivity contribution < 1.29 is 4.74 Å². The zero-order chi connectivity index (χ0) is 13.2. The summed E-state index contributed by atoms with van der Waals surface area (Å²) >= 11 is 5.92. The molecule has 3 heteroatoms. The molecular formula is C16H14ClNO. The number of benzene rings is 2. The van der Waals surface area contributed by atoms with Gasteiger partial charge in [0.25, 0.3) is 0 Å². The minimum absolute atomic E-state index is 0.508. The summed E-state index contributed by atoms with van der Waals surface area (Å²) in [6.07, 6.45) is 0. The molecule has 0 aliphatic rings. The van der Waals surface area contributed by atoms with E-state index < -0.39 is 0 Å². The van der Waals surface area contributed by atoms with Crippen molar-refractivity contribution in [1.82, 2.24) is 4.98 Å². The number of aryl methyl sites for hydroxylation is 1. The van der Waals surface area contributed by atoms with Crippen molar-refractivity contribution in [2.75, 3.05) is 0 Å². The van der Waals surface area contributed by atoms with Crippen LogP contribution in [0.4, 0.5) is 0 Å². The monoisotopic (exact) mass is 271 g/mol. The Hall–Kier alpha value is -1.93. The van der Waals surface area contributed by atoms with E-state index in [-0.39, 0.29) is 0 Å². The first kappa shape index (κ1) is 12.1. The minimum Gasteiger partial charge on any atom is -0.487 e. The maximum atomic E-state index is 5.92. The van der Waals surface area contributed by atoms with Crippen molar-refractivity contribution in [2.24, 2.45) is 0 Å². The number of rotatable bonds is 3. The zero-order valence-electron chi connectivity index (χ0n) is 10.6. The molecule has 1 aromatic heterocycles. The van der Waals surface area contributed by atoms with Crippen molar-refractivity contribution in [3.05, 3.63) is 64.8 Å². The maximum absolute atomic E-state index is 5.92. The fourth-order valence-corrected chi connectivity index (χ4v) is 2.29. The molecular weight excluding hydrogens is 258 g/mol. The molecule has 96 valence electrons. The van der Waals surface area contributed by atoms with Crippen LogP contribution in [0.2, 0.25) is 5.02 Å². The van der Waals surface area contributed by atoms with Gasteiger partial charge in [-0.2, -0.15) is 0 Å². The van der Waals surface area contributed by atoms with Gasteiger partial charge in [-0.05, 0) is 43.3 Å². The molecule has 0 radical (unpaired) electrons. The Labute approximate surface area is 117 Å². The van der Waals surface area contributed by atoms with Gasteiger partial charge in [0.2, 0.25) is 0 Å². The molecule has 0 bridgehead atoms. The van der Waals surface area contributed by atoms with Gasteiger partial charge in [0.1, 0.15) is 12.4 Å². The van der Waals surface area contributed by atoms with E-state index in [1.54, 1.807) is 0 Å². The minimum atomic E-state index is 0.508. The Morgan fingerprint density at radius 1 is 1.11 bits per heavy atom. The predicted molar refractivity (Wildman–Crippen MR) is 78.8 cm³/mol. The van der Waals surface area contributed by atoms with Gasteiger partial charge in [0, 0.05) is 15.9 Å². The van der Waals surface area contributed by atoms with E-state index in [9.17, 15) is 0 Å². The number of hydrogen-bond donors (Lipinski definition) is 1. The third kappa shape index (κ3) is 2.74. The van der Waals surface area contributed by atoms with Crippen molar-refractivity contribution in [3.63, 3.8) is 0 Å². The second kappa shape index (κ2) is 4.98. The number of H-pyrrole nitrogens is 1. The number of ether oxygens (including phenoxy) is 1. The highest BCUT2D eigenvalue weighted by Gasteiger charge is 2.02. The number of hydrogen-bond acceptors (Lipinski definition) is 1. The second-order valence-corrected chi connectivity index (χ2v) is 5.07. The summed E-state index contributed by atoms with van der Waals surface area (Å²) in [6, 6.07) is 15.9. The third-order valence-electron chi connectivity index (χ3n) is 3.02. The quantitative estimate of drug-likeness (QED) is 0.733. The van der Waals surface area contributed by atoms with Gasteiger partial charge in [-0.1, -0.05) is 29.3 Å². The van der Waals surface area contributed by atoms with Crippen LogP contribution in [-0.4, -0.2) is 4.98 Å². The number of halogens is 1. The van der Waals surface area contributed by atoms with Gasteiger partial charge in [0.05, 0.1) is 5.69 Å². The topological polar surface area (TPSA) is 25.0 Å². The number of nitrogens with one attached hydrogen (secondary N) is 1. The molecule has 0 saturated carbocycles. The molecule has 3 aromatic rings. The molecule has 0 unspecified atom stereocenters. The fourth-order valence-electron chi connectivity index (χ4n) is 2.11. The van der Waals surface area contributed by atoms with Crippen LogP contribution >= 0.6 is 11.6 Å². The summed E-state index contributed by atoms with van der Waals surface area (Å²) in [4.78, 5) is 3.35. The Morgan fingerprint density at radius 2 is 2.00 bits per heavy atom. The maximum Gasteiger partial charge on any atom is 0.128 e. The van der Waals surface area contributed by atoms with E-state index in [1.165, 1.54) is 10.9 Å². The molecule has 19 heavy (non-hydrogen) atoms. The van der Waals surface area contributed by atoms with E-state index in [2.05, 4.69) is 36.2 Å². The number of aromatic nitrogens is 1. The van der Waals surface area contributed by atoms with Gasteiger partial charge in [-0.15, -0.1) is 0 Å². The summed E-state index contributed by atoms with van der Waals surface area (Å²) in [5.74, 6) is 0.780. The van der Waals surface area contributed by atoms with E-state index in [1.807, 2.05) is 24.3 Å². The largest absolute Gasteiger partial charge is 0.487 e. The molecule has 0 amide bonds. The molecule has 1 N–H and O–H groups in total. The average Bonchev–Trinajstić information content (AvgIpc) is 2.78. The highest BCUT2D eigenvalue weighted by atomic mass is 35.5. The average molecular weight is 272 g/mol. The van der Waals surface area contributed by atoms with Crippen LogP contribution < -0.4 is 4.74 Å². The standard InChI is InChI=1S/C16H14ClNO/c1-11-5-6-16-12(7-11)8-14(18-16)10-19-15-4-2-3-13(17)9-15/h2-9,18H,10H2,1H3. The number of fused-ring (bicyclic) bond motifs is 1. The van der Waals surface area contributed by atoms with Crippen LogP contribution in [-0.2, 0) is 6.61 Å². The first-order valence-corrected chi connectivity index (χ1v) is 6.55. The molecule has 1 heterocycles. The van der Waals surface area contributed by atoms with E-state index in [4.69, 9.17) is 16.3 Å². The Balaban J connectivity index is 1.78. The lowest BCUT2D eigenvalue weighted by atomic mass is 10.2. The first-order chi connectivity index (χ1) is 9.20. The second-order valence-electron chi connectivity index (χ2n) is 4.63. The molecule has 0 fully saturated rings. The lowest BCUT2D eigenvalue weighted by molar-refractivity contribution is 0.302. The molecule has 3 rings (SSSR count). The molecule has 0 spiro atoms. The first-order valence-electron chi connectivity index (χ1n) is 6.17. The molecule has 0 atom stereocenters. The Morgan fingerprint density at radius 3 is 2.84 bits per heavy atom. The van der Waals surface area contributed by atoms with Crippen molar-refractivity contribution in [2.45, 2.75) is 13.5 Å². The summed E-state index contributed by atoms with van der Waals surface area (Å²) in [5.41, 5.74) is 3.45. The lowest BCUT2D eigenvalue weighted by Crippen LogP contribution is -1.95. The van der Waals surface area contributed by atoms with Crippen molar-refractivity contribution >= 4 is 22.5 Å². The summed E-state index contributed by atoms with van der Waals surface area (Å²) in [6.45, 7) is 2.60. The van der Waals surface area contributed by atoms with Gasteiger partial charge < -0.3 is 9.72 Å². The summed E-state index contributed by atoms with van der Waals surface area (Å²) in [7, 11) is 0. The zero-order valence-corrected chi connectivity index (χ0v) is 11.4. The third-order valence-corrected chi connectivity index (χ3v) is 3.26. The summed E-state index contributed by atoms with van der Waals surface area (Å²) in [5, 5.41) is 1.90. The molecule has 0 aliphatic heterocycles. The normalized spacial score (nSPS) is 10.8. The van der Waals surface area contributed by atoms with Crippen LogP contribution in [0.3, 0.4) is 0 Å². The van der Waals surface area contributed by atoms with Crippen LogP contribution in [0.15, 0.2) is 48.5 Å². The fraction of sp³-hybridized carbons (Fsp3) is 0.125. The summed E-state index contributed by atoms with van der Waals surface area (Å²) < 4.78 is 5.72. The van der Waals surface area contributed by atoms with E-state index >= 15 is 0 Å². The van der Waals surface area contributed by atoms with Gasteiger partial charge in [0.15, 0.2) is 0 Å². The highest BCUT2D eigenvalue weighted by Crippen LogP contribution is 2.20. The predicted octanol–water partition coefficient (Wildman–Crippen LogP) is 4.71. The van der Waals surface area contributed by atoms with Crippen molar-refractivity contribution in [3.8, 4) is 5.75 Å². The van der Waals surface area contributed by atoms with Crippen molar-refractivity contribution in [1.29, 1.82) is 0 Å². The van der Waals surface area contributed by atoms with Gasteiger partial charge >= 0.3 is 0 Å². The molecule has 0 aliphatic carbocycles. The van der Waals surface area contributed by atoms with E-state index in [0.717, 1.165) is 17.0 Å². The van der Waals surface area contributed by atoms with Gasteiger partial charge in [-0.3, -0.25) is 0 Å². The molecule has 2 aromatic carbocycles. The smallest absolute Gasteiger partial charge is 0.128 e. The van der Waals surface area contributed by atoms with E-state index in [0.29, 0.717) is 11.6 Å². The lowest BCUT2D eigenvalue weighted by Gasteiger charge is -2.04. The van der Waals surface area contributed by atoms with Crippen LogP contribution in [0.1, 0.15) is 11.3 Å². The van der Waals surface area contributed by atoms with Crippen LogP contribution in [0.5, 0.6) is 5.75 Å². The van der Waals surface area contributed by atoms with Gasteiger partial charge in [-0.25, -0.2) is 0 Å². The highest BCUT2D eigenvalue weighted by molar-refractivity contribution is 6.30.